The number of carbonyl (C=O) groups is 1. The summed E-state index contributed by atoms with van der Waals surface area (Å²) >= 11 is 6.14. The summed E-state index contributed by atoms with van der Waals surface area (Å²) in [6, 6.07) is 11.5. The first kappa shape index (κ1) is 18.7. The van der Waals surface area contributed by atoms with E-state index in [1.165, 1.54) is 19.3 Å². The Morgan fingerprint density at radius 3 is 2.81 bits per heavy atom. The molecule has 0 saturated carbocycles. The molecule has 1 heterocycles. The van der Waals surface area contributed by atoms with Crippen LogP contribution in [0.2, 0.25) is 5.02 Å². The van der Waals surface area contributed by atoms with Crippen LogP contribution in [-0.4, -0.2) is 30.6 Å². The molecule has 138 valence electrons. The Bertz CT molecular complexity index is 786. The van der Waals surface area contributed by atoms with Crippen LogP contribution in [0.4, 0.5) is 0 Å². The number of piperidine rings is 1. The van der Waals surface area contributed by atoms with Gasteiger partial charge in [-0.3, -0.25) is 4.79 Å². The molecule has 1 saturated heterocycles. The minimum Gasteiger partial charge on any atom is -0.508 e. The first-order valence-electron chi connectivity index (χ1n) is 9.15. The quantitative estimate of drug-likeness (QED) is 0.739. The van der Waals surface area contributed by atoms with Crippen molar-refractivity contribution in [1.29, 1.82) is 0 Å². The van der Waals surface area contributed by atoms with Crippen LogP contribution in [0.3, 0.4) is 0 Å². The van der Waals surface area contributed by atoms with Crippen LogP contribution < -0.4 is 10.6 Å². The van der Waals surface area contributed by atoms with E-state index in [9.17, 15) is 9.90 Å². The first-order chi connectivity index (χ1) is 12.6. The van der Waals surface area contributed by atoms with Crippen LogP contribution in [0.5, 0.6) is 5.75 Å². The van der Waals surface area contributed by atoms with E-state index in [1.54, 1.807) is 25.2 Å². The monoisotopic (exact) mass is 372 g/mol. The predicted octanol–water partition coefficient (Wildman–Crippen LogP) is 4.15. The molecule has 0 aliphatic carbocycles. The van der Waals surface area contributed by atoms with Crippen LogP contribution in [0.25, 0.3) is 11.1 Å². The summed E-state index contributed by atoms with van der Waals surface area (Å²) in [5.41, 5.74) is 3.28. The summed E-state index contributed by atoms with van der Waals surface area (Å²) in [4.78, 5) is 12.0. The van der Waals surface area contributed by atoms with Crippen LogP contribution in [0.15, 0.2) is 36.4 Å². The lowest BCUT2D eigenvalue weighted by molar-refractivity contribution is 0.0963. The number of amides is 1. The lowest BCUT2D eigenvalue weighted by atomic mass is 9.95. The number of phenolic OH excluding ortho intramolecular Hbond substituents is 1. The molecule has 0 aromatic heterocycles. The molecule has 0 radical (unpaired) electrons. The standard InChI is InChI=1S/C21H25ClN2O2/c1-23-21(26)19-13-15(6-8-20(19)22)16-10-14(11-18(25)12-16)5-7-17-4-2-3-9-24-17/h6,8,10-13,17,24-25H,2-5,7,9H2,1H3,(H,23,26)/t17-/m1/s1. The number of rotatable bonds is 5. The minimum absolute atomic E-state index is 0.222. The van der Waals surface area contributed by atoms with Gasteiger partial charge in [0.25, 0.3) is 5.91 Å². The Kier molecular flexibility index (Phi) is 6.17. The van der Waals surface area contributed by atoms with E-state index in [4.69, 9.17) is 11.6 Å². The van der Waals surface area contributed by atoms with E-state index in [0.717, 1.165) is 36.1 Å². The maximum atomic E-state index is 12.0. The van der Waals surface area contributed by atoms with Crippen molar-refractivity contribution in [2.24, 2.45) is 0 Å². The topological polar surface area (TPSA) is 61.4 Å². The fraction of sp³-hybridized carbons (Fsp3) is 0.381. The number of hydrogen-bond donors (Lipinski definition) is 3. The maximum Gasteiger partial charge on any atom is 0.252 e. The number of aromatic hydroxyl groups is 1. The molecular weight excluding hydrogens is 348 g/mol. The molecule has 3 N–H and O–H groups in total. The Balaban J connectivity index is 1.82. The van der Waals surface area contributed by atoms with Crippen molar-refractivity contribution < 1.29 is 9.90 Å². The van der Waals surface area contributed by atoms with Gasteiger partial charge in [-0.2, -0.15) is 0 Å². The largest absolute Gasteiger partial charge is 0.508 e. The van der Waals surface area contributed by atoms with Crippen molar-refractivity contribution in [3.05, 3.63) is 52.5 Å². The van der Waals surface area contributed by atoms with Crippen LogP contribution in [0, 0.1) is 0 Å². The van der Waals surface area contributed by atoms with Crippen molar-refractivity contribution in [2.45, 2.75) is 38.1 Å². The van der Waals surface area contributed by atoms with Gasteiger partial charge in [0.15, 0.2) is 0 Å². The van der Waals surface area contributed by atoms with Crippen LogP contribution in [-0.2, 0) is 6.42 Å². The Labute approximate surface area is 159 Å². The Hall–Kier alpha value is -2.04. The second-order valence-corrected chi connectivity index (χ2v) is 7.25. The van der Waals surface area contributed by atoms with E-state index in [0.29, 0.717) is 16.6 Å². The zero-order valence-corrected chi connectivity index (χ0v) is 15.8. The van der Waals surface area contributed by atoms with Crippen molar-refractivity contribution in [3.63, 3.8) is 0 Å². The van der Waals surface area contributed by atoms with Gasteiger partial charge in [0, 0.05) is 13.1 Å². The van der Waals surface area contributed by atoms with Crippen molar-refractivity contribution in [1.82, 2.24) is 10.6 Å². The fourth-order valence-corrected chi connectivity index (χ4v) is 3.71. The molecule has 1 aliphatic rings. The second-order valence-electron chi connectivity index (χ2n) is 6.85. The van der Waals surface area contributed by atoms with E-state index >= 15 is 0 Å². The number of halogens is 1. The molecule has 5 heteroatoms. The van der Waals surface area contributed by atoms with Gasteiger partial charge in [0.2, 0.25) is 0 Å². The van der Waals surface area contributed by atoms with Gasteiger partial charge in [-0.1, -0.05) is 30.2 Å². The molecule has 1 atom stereocenters. The first-order valence-corrected chi connectivity index (χ1v) is 9.53. The van der Waals surface area contributed by atoms with Crippen LogP contribution in [0.1, 0.15) is 41.6 Å². The van der Waals surface area contributed by atoms with Crippen LogP contribution >= 0.6 is 11.6 Å². The molecule has 4 nitrogen and oxygen atoms in total. The number of carbonyl (C=O) groups excluding carboxylic acids is 1. The molecule has 26 heavy (non-hydrogen) atoms. The van der Waals surface area contributed by atoms with Gasteiger partial charge in [-0.05, 0) is 73.2 Å². The van der Waals surface area contributed by atoms with Crippen molar-refractivity contribution in [2.75, 3.05) is 13.6 Å². The van der Waals surface area contributed by atoms with Gasteiger partial charge >= 0.3 is 0 Å². The second kappa shape index (κ2) is 8.56. The van der Waals surface area contributed by atoms with Gasteiger partial charge in [-0.25, -0.2) is 0 Å². The fourth-order valence-electron chi connectivity index (χ4n) is 3.51. The predicted molar refractivity (Wildman–Crippen MR) is 106 cm³/mol. The summed E-state index contributed by atoms with van der Waals surface area (Å²) in [7, 11) is 1.58. The van der Waals surface area contributed by atoms with Gasteiger partial charge < -0.3 is 15.7 Å². The Morgan fingerprint density at radius 2 is 2.08 bits per heavy atom. The number of phenols is 1. The summed E-state index contributed by atoms with van der Waals surface area (Å²) in [5.74, 6) is 0.0196. The zero-order chi connectivity index (χ0) is 18.5. The lowest BCUT2D eigenvalue weighted by Crippen LogP contribution is -2.34. The number of aryl methyl sites for hydroxylation is 1. The highest BCUT2D eigenvalue weighted by molar-refractivity contribution is 6.34. The number of benzene rings is 2. The van der Waals surface area contributed by atoms with E-state index in [2.05, 4.69) is 16.7 Å². The highest BCUT2D eigenvalue weighted by Crippen LogP contribution is 2.29. The number of hydrogen-bond acceptors (Lipinski definition) is 3. The molecule has 1 fully saturated rings. The zero-order valence-electron chi connectivity index (χ0n) is 15.0. The summed E-state index contributed by atoms with van der Waals surface area (Å²) in [6.07, 6.45) is 5.74. The van der Waals surface area contributed by atoms with Crippen molar-refractivity contribution in [3.8, 4) is 16.9 Å². The minimum atomic E-state index is -0.222. The van der Waals surface area contributed by atoms with Gasteiger partial charge in [0.05, 0.1) is 10.6 Å². The van der Waals surface area contributed by atoms with Crippen molar-refractivity contribution >= 4 is 17.5 Å². The highest BCUT2D eigenvalue weighted by atomic mass is 35.5. The number of nitrogens with one attached hydrogen (secondary N) is 2. The molecule has 0 spiro atoms. The molecule has 3 rings (SSSR count). The molecule has 1 amide bonds. The SMILES string of the molecule is CNC(=O)c1cc(-c2cc(O)cc(CC[C@H]3CCCCN3)c2)ccc1Cl. The van der Waals surface area contributed by atoms with Gasteiger partial charge in [0.1, 0.15) is 5.75 Å². The summed E-state index contributed by atoms with van der Waals surface area (Å²) < 4.78 is 0. The third-order valence-corrected chi connectivity index (χ3v) is 5.27. The van der Waals surface area contributed by atoms with Gasteiger partial charge in [-0.15, -0.1) is 0 Å². The van der Waals surface area contributed by atoms with E-state index in [-0.39, 0.29) is 11.7 Å². The third-order valence-electron chi connectivity index (χ3n) is 4.94. The third kappa shape index (κ3) is 4.57. The maximum absolute atomic E-state index is 12.0. The summed E-state index contributed by atoms with van der Waals surface area (Å²) in [5, 5.41) is 16.7. The summed E-state index contributed by atoms with van der Waals surface area (Å²) in [6.45, 7) is 1.10. The molecule has 0 bridgehead atoms. The molecule has 0 unspecified atom stereocenters. The average Bonchev–Trinajstić information content (AvgIpc) is 2.66. The van der Waals surface area contributed by atoms with E-state index < -0.39 is 0 Å². The normalized spacial score (nSPS) is 17.1. The molecule has 2 aromatic rings. The molecule has 2 aromatic carbocycles. The highest BCUT2D eigenvalue weighted by Gasteiger charge is 2.14. The molecular formula is C21H25ClN2O2. The lowest BCUT2D eigenvalue weighted by Gasteiger charge is -2.23. The Morgan fingerprint density at radius 1 is 1.23 bits per heavy atom. The van der Waals surface area contributed by atoms with E-state index in [1.807, 2.05) is 12.1 Å². The average molecular weight is 373 g/mol. The molecule has 1 aliphatic heterocycles. The smallest absolute Gasteiger partial charge is 0.252 e.